The highest BCUT2D eigenvalue weighted by molar-refractivity contribution is 4.52. The molecule has 0 radical (unpaired) electrons. The first-order valence-electron chi connectivity index (χ1n) is 16.0. The first kappa shape index (κ1) is 36.4. The van der Waals surface area contributed by atoms with Crippen LogP contribution in [-0.2, 0) is 0 Å². The Kier molecular flexibility index (Phi) is 33.5. The van der Waals surface area contributed by atoms with Crippen molar-refractivity contribution in [3.05, 3.63) is 0 Å². The van der Waals surface area contributed by atoms with Crippen molar-refractivity contribution in [3.8, 4) is 0 Å². The largest absolute Gasteiger partial charge is 1.00 e. The normalized spacial score (nSPS) is 12.3. The number of hydrogen-bond donors (Lipinski definition) is 1. The molecule has 1 N–H and O–H groups in total. The minimum absolute atomic E-state index is 0. The molecule has 0 saturated carbocycles. The molecule has 0 aromatic carbocycles. The molecule has 0 fully saturated rings. The van der Waals surface area contributed by atoms with Crippen LogP contribution < -0.4 is 17.3 Å². The molecule has 0 amide bonds. The summed E-state index contributed by atoms with van der Waals surface area (Å²) in [5.41, 5.74) is 0. The molecular formula is C32H68ClN. The maximum absolute atomic E-state index is 2.34. The molecule has 0 aliphatic heterocycles. The molecule has 0 aliphatic rings. The van der Waals surface area contributed by atoms with E-state index in [1.807, 2.05) is 0 Å². The third-order valence-corrected chi connectivity index (χ3v) is 7.91. The van der Waals surface area contributed by atoms with Crippen molar-refractivity contribution < 1.29 is 17.3 Å². The first-order chi connectivity index (χ1) is 16.2. The second kappa shape index (κ2) is 31.3. The van der Waals surface area contributed by atoms with E-state index in [9.17, 15) is 0 Å². The average Bonchev–Trinajstić information content (AvgIpc) is 2.81. The van der Waals surface area contributed by atoms with Crippen molar-refractivity contribution in [3.63, 3.8) is 0 Å². The van der Waals surface area contributed by atoms with E-state index in [1.165, 1.54) is 173 Å². The van der Waals surface area contributed by atoms with Crippen LogP contribution in [0.3, 0.4) is 0 Å². The predicted octanol–water partition coefficient (Wildman–Crippen LogP) is 7.08. The Morgan fingerprint density at radius 2 is 0.588 bits per heavy atom. The summed E-state index contributed by atoms with van der Waals surface area (Å²) in [6, 6.07) is 0.782. The number of unbranched alkanes of at least 4 members (excludes halogenated alkanes) is 25. The van der Waals surface area contributed by atoms with Crippen LogP contribution in [0.25, 0.3) is 0 Å². The molecule has 0 aromatic heterocycles. The smallest absolute Gasteiger partial charge is 0.0815 e. The van der Waals surface area contributed by atoms with Crippen molar-refractivity contribution in [1.82, 2.24) is 0 Å². The Bertz CT molecular complexity index is 344. The van der Waals surface area contributed by atoms with Gasteiger partial charge in [-0.15, -0.1) is 0 Å². The quantitative estimate of drug-likeness (QED) is 0.109. The molecular weight excluding hydrogens is 434 g/mol. The fraction of sp³-hybridized carbons (Fsp3) is 1.00. The van der Waals surface area contributed by atoms with Crippen LogP contribution in [0.5, 0.6) is 0 Å². The molecule has 208 valence electrons. The number of hydrogen-bond acceptors (Lipinski definition) is 0. The molecule has 0 spiro atoms. The van der Waals surface area contributed by atoms with Crippen molar-refractivity contribution in [2.45, 2.75) is 194 Å². The maximum Gasteiger partial charge on any atom is 0.0815 e. The standard InChI is InChI=1S/C32H67N.ClH/c1-5-6-7-8-9-10-11-12-13-14-15-16-17-18-19-20-21-22-23-24-25-26-27-28-29-30-31-33(4)32(2)3;/h32H,5-31H2,1-4H3;1H. The van der Waals surface area contributed by atoms with E-state index < -0.39 is 0 Å². The summed E-state index contributed by atoms with van der Waals surface area (Å²) in [7, 11) is 2.34. The van der Waals surface area contributed by atoms with Gasteiger partial charge in [0.1, 0.15) is 0 Å². The van der Waals surface area contributed by atoms with Gasteiger partial charge in [0.2, 0.25) is 0 Å². The van der Waals surface area contributed by atoms with Crippen molar-refractivity contribution >= 4 is 0 Å². The van der Waals surface area contributed by atoms with Gasteiger partial charge in [0.05, 0.1) is 19.6 Å². The van der Waals surface area contributed by atoms with Gasteiger partial charge in [-0.1, -0.05) is 161 Å². The molecule has 0 bridgehead atoms. The zero-order valence-electron chi connectivity index (χ0n) is 24.5. The number of quaternary nitrogens is 1. The monoisotopic (exact) mass is 502 g/mol. The fourth-order valence-electron chi connectivity index (χ4n) is 5.01. The third-order valence-electron chi connectivity index (χ3n) is 7.91. The zero-order chi connectivity index (χ0) is 24.2. The molecule has 2 heteroatoms. The average molecular weight is 502 g/mol. The van der Waals surface area contributed by atoms with E-state index in [0.717, 1.165) is 6.04 Å². The van der Waals surface area contributed by atoms with Gasteiger partial charge in [0.15, 0.2) is 0 Å². The van der Waals surface area contributed by atoms with Crippen LogP contribution in [0.2, 0.25) is 0 Å². The molecule has 1 nitrogen and oxygen atoms in total. The van der Waals surface area contributed by atoms with Crippen LogP contribution in [0.4, 0.5) is 0 Å². The summed E-state index contributed by atoms with van der Waals surface area (Å²) in [6.07, 6.45) is 38.4. The SMILES string of the molecule is CCCCCCCCCCCCCCCCCCCCCCCCCCCC[NH+](C)C(C)C.[Cl-]. The van der Waals surface area contributed by atoms with E-state index in [-0.39, 0.29) is 12.4 Å². The van der Waals surface area contributed by atoms with Crippen LogP contribution in [-0.4, -0.2) is 19.6 Å². The third kappa shape index (κ3) is 30.3. The molecule has 0 rings (SSSR count). The Morgan fingerprint density at radius 3 is 0.794 bits per heavy atom. The highest BCUT2D eigenvalue weighted by Gasteiger charge is 2.05. The highest BCUT2D eigenvalue weighted by atomic mass is 35.5. The van der Waals surface area contributed by atoms with E-state index in [1.54, 1.807) is 4.90 Å². The summed E-state index contributed by atoms with van der Waals surface area (Å²) in [6.45, 7) is 8.32. The lowest BCUT2D eigenvalue weighted by atomic mass is 10.0. The summed E-state index contributed by atoms with van der Waals surface area (Å²) in [5, 5.41) is 0. The van der Waals surface area contributed by atoms with Crippen molar-refractivity contribution in [2.24, 2.45) is 0 Å². The zero-order valence-corrected chi connectivity index (χ0v) is 25.3. The lowest BCUT2D eigenvalue weighted by molar-refractivity contribution is -0.902. The lowest BCUT2D eigenvalue weighted by Crippen LogP contribution is -3.12. The Labute approximate surface area is 224 Å². The van der Waals surface area contributed by atoms with Crippen LogP contribution in [0.1, 0.15) is 188 Å². The minimum atomic E-state index is 0. The van der Waals surface area contributed by atoms with Crippen LogP contribution >= 0.6 is 0 Å². The predicted molar refractivity (Wildman–Crippen MR) is 153 cm³/mol. The van der Waals surface area contributed by atoms with Gasteiger partial charge < -0.3 is 17.3 Å². The van der Waals surface area contributed by atoms with Crippen LogP contribution in [0, 0.1) is 0 Å². The number of halogens is 1. The van der Waals surface area contributed by atoms with Crippen molar-refractivity contribution in [2.75, 3.05) is 13.6 Å². The van der Waals surface area contributed by atoms with Gasteiger partial charge in [-0.3, -0.25) is 0 Å². The van der Waals surface area contributed by atoms with Gasteiger partial charge in [-0.2, -0.15) is 0 Å². The van der Waals surface area contributed by atoms with Crippen LogP contribution in [0.15, 0.2) is 0 Å². The number of nitrogens with one attached hydrogen (secondary N) is 1. The molecule has 0 heterocycles. The topological polar surface area (TPSA) is 4.44 Å². The molecule has 0 saturated heterocycles. The van der Waals surface area contributed by atoms with Gasteiger partial charge in [0, 0.05) is 0 Å². The summed E-state index contributed by atoms with van der Waals surface area (Å²) >= 11 is 0. The van der Waals surface area contributed by atoms with Gasteiger partial charge in [-0.25, -0.2) is 0 Å². The second-order valence-electron chi connectivity index (χ2n) is 11.6. The molecule has 1 unspecified atom stereocenters. The Hall–Kier alpha value is 0.250. The Balaban J connectivity index is 0. The molecule has 1 atom stereocenters. The molecule has 0 aliphatic carbocycles. The van der Waals surface area contributed by atoms with Gasteiger partial charge in [0.25, 0.3) is 0 Å². The first-order valence-corrected chi connectivity index (χ1v) is 16.0. The second-order valence-corrected chi connectivity index (χ2v) is 11.6. The fourth-order valence-corrected chi connectivity index (χ4v) is 5.01. The highest BCUT2D eigenvalue weighted by Crippen LogP contribution is 2.15. The summed E-state index contributed by atoms with van der Waals surface area (Å²) < 4.78 is 0. The molecule has 34 heavy (non-hydrogen) atoms. The van der Waals surface area contributed by atoms with E-state index in [4.69, 9.17) is 0 Å². The van der Waals surface area contributed by atoms with E-state index >= 15 is 0 Å². The lowest BCUT2D eigenvalue weighted by Gasteiger charge is -2.17. The Morgan fingerprint density at radius 1 is 0.382 bits per heavy atom. The molecule has 0 aromatic rings. The van der Waals surface area contributed by atoms with Gasteiger partial charge in [-0.05, 0) is 26.7 Å². The van der Waals surface area contributed by atoms with E-state index in [2.05, 4.69) is 27.8 Å². The minimum Gasteiger partial charge on any atom is -1.00 e. The van der Waals surface area contributed by atoms with E-state index in [0.29, 0.717) is 0 Å². The maximum atomic E-state index is 2.34. The van der Waals surface area contributed by atoms with Crippen molar-refractivity contribution in [1.29, 1.82) is 0 Å². The van der Waals surface area contributed by atoms with Gasteiger partial charge >= 0.3 is 0 Å². The summed E-state index contributed by atoms with van der Waals surface area (Å²) in [5.74, 6) is 0. The summed E-state index contributed by atoms with van der Waals surface area (Å²) in [4.78, 5) is 1.69. The number of rotatable bonds is 28.